The summed E-state index contributed by atoms with van der Waals surface area (Å²) >= 11 is 3.50. The number of nitrogens with one attached hydrogen (secondary N) is 1. The number of ether oxygens (including phenoxy) is 1. The lowest BCUT2D eigenvalue weighted by molar-refractivity contribution is 0.0369. The normalized spacial score (nSPS) is 20.6. The van der Waals surface area contributed by atoms with Gasteiger partial charge < -0.3 is 10.1 Å². The van der Waals surface area contributed by atoms with E-state index in [1.807, 2.05) is 0 Å². The lowest BCUT2D eigenvalue weighted by Crippen LogP contribution is -2.26. The second-order valence-electron chi connectivity index (χ2n) is 6.18. The van der Waals surface area contributed by atoms with Crippen LogP contribution in [-0.2, 0) is 4.74 Å². The van der Waals surface area contributed by atoms with Gasteiger partial charge in [0.25, 0.3) is 0 Å². The molecule has 0 aliphatic heterocycles. The summed E-state index contributed by atoms with van der Waals surface area (Å²) in [6, 6.07) is 9.30. The highest BCUT2D eigenvalue weighted by atomic mass is 79.9. The first-order valence-corrected chi connectivity index (χ1v) is 8.71. The predicted octanol–water partition coefficient (Wildman–Crippen LogP) is 4.45. The SMILES string of the molecule is Brc1ccc(C(CNC2CC2)OCCC2CCC2)cc1. The van der Waals surface area contributed by atoms with Crippen molar-refractivity contribution in [2.75, 3.05) is 13.2 Å². The molecule has 0 bridgehead atoms. The highest BCUT2D eigenvalue weighted by Crippen LogP contribution is 2.30. The summed E-state index contributed by atoms with van der Waals surface area (Å²) in [6.07, 6.45) is 8.33. The van der Waals surface area contributed by atoms with Gasteiger partial charge in [0, 0.05) is 23.7 Å². The van der Waals surface area contributed by atoms with Crippen molar-refractivity contribution in [3.63, 3.8) is 0 Å². The van der Waals surface area contributed by atoms with Crippen LogP contribution in [0.2, 0.25) is 0 Å². The fourth-order valence-electron chi connectivity index (χ4n) is 2.67. The molecule has 3 heteroatoms. The Bertz CT molecular complexity index is 412. The minimum Gasteiger partial charge on any atom is -0.372 e. The highest BCUT2D eigenvalue weighted by molar-refractivity contribution is 9.10. The summed E-state index contributed by atoms with van der Waals surface area (Å²) in [5, 5.41) is 3.60. The van der Waals surface area contributed by atoms with Crippen molar-refractivity contribution in [1.29, 1.82) is 0 Å². The first-order valence-electron chi connectivity index (χ1n) is 7.92. The third-order valence-electron chi connectivity index (χ3n) is 4.48. The minimum absolute atomic E-state index is 0.198. The molecule has 0 amide bonds. The molecule has 0 aromatic heterocycles. The topological polar surface area (TPSA) is 21.3 Å². The van der Waals surface area contributed by atoms with Gasteiger partial charge in [-0.05, 0) is 42.9 Å². The molecule has 0 heterocycles. The number of halogens is 1. The van der Waals surface area contributed by atoms with E-state index in [4.69, 9.17) is 4.74 Å². The molecule has 3 rings (SSSR count). The zero-order chi connectivity index (χ0) is 13.8. The van der Waals surface area contributed by atoms with Crippen LogP contribution in [0.1, 0.15) is 50.2 Å². The number of benzene rings is 1. The summed E-state index contributed by atoms with van der Waals surface area (Å²) < 4.78 is 7.30. The number of rotatable bonds is 8. The molecule has 0 spiro atoms. The maximum absolute atomic E-state index is 6.17. The maximum Gasteiger partial charge on any atom is 0.0949 e. The Morgan fingerprint density at radius 3 is 2.50 bits per heavy atom. The van der Waals surface area contributed by atoms with Crippen molar-refractivity contribution >= 4 is 15.9 Å². The largest absolute Gasteiger partial charge is 0.372 e. The molecule has 2 aliphatic carbocycles. The van der Waals surface area contributed by atoms with Gasteiger partial charge in [-0.2, -0.15) is 0 Å². The van der Waals surface area contributed by atoms with Crippen molar-refractivity contribution < 1.29 is 4.74 Å². The van der Waals surface area contributed by atoms with Crippen molar-refractivity contribution in [3.8, 4) is 0 Å². The monoisotopic (exact) mass is 337 g/mol. The molecule has 0 radical (unpaired) electrons. The average Bonchev–Trinajstić information content (AvgIpc) is 3.21. The Hall–Kier alpha value is -0.380. The fraction of sp³-hybridized carbons (Fsp3) is 0.647. The van der Waals surface area contributed by atoms with E-state index in [2.05, 4.69) is 45.5 Å². The lowest BCUT2D eigenvalue weighted by atomic mass is 9.83. The molecular weight excluding hydrogens is 314 g/mol. The molecule has 1 aromatic rings. The molecule has 2 nitrogen and oxygen atoms in total. The van der Waals surface area contributed by atoms with E-state index < -0.39 is 0 Å². The minimum atomic E-state index is 0.198. The molecule has 1 unspecified atom stereocenters. The van der Waals surface area contributed by atoms with Crippen LogP contribution in [0, 0.1) is 5.92 Å². The molecule has 2 saturated carbocycles. The van der Waals surface area contributed by atoms with E-state index in [0.29, 0.717) is 0 Å². The standard InChI is InChI=1S/C17H24BrNO/c18-15-6-4-14(5-7-15)17(12-19-16-8-9-16)20-11-10-13-2-1-3-13/h4-7,13,16-17,19H,1-3,8-12H2. The third kappa shape index (κ3) is 4.31. The van der Waals surface area contributed by atoms with Crippen LogP contribution in [-0.4, -0.2) is 19.2 Å². The van der Waals surface area contributed by atoms with Gasteiger partial charge in [-0.1, -0.05) is 47.3 Å². The zero-order valence-corrected chi connectivity index (χ0v) is 13.6. The summed E-state index contributed by atoms with van der Waals surface area (Å²) in [7, 11) is 0. The summed E-state index contributed by atoms with van der Waals surface area (Å²) in [4.78, 5) is 0. The second-order valence-corrected chi connectivity index (χ2v) is 7.09. The molecular formula is C17H24BrNO. The van der Waals surface area contributed by atoms with Crippen molar-refractivity contribution in [3.05, 3.63) is 34.3 Å². The summed E-state index contributed by atoms with van der Waals surface area (Å²) in [5.41, 5.74) is 1.29. The van der Waals surface area contributed by atoms with Gasteiger partial charge in [0.05, 0.1) is 6.10 Å². The zero-order valence-electron chi connectivity index (χ0n) is 12.0. The van der Waals surface area contributed by atoms with Crippen molar-refractivity contribution in [2.24, 2.45) is 5.92 Å². The average molecular weight is 338 g/mol. The van der Waals surface area contributed by atoms with Gasteiger partial charge in [0.2, 0.25) is 0 Å². The van der Waals surface area contributed by atoms with Crippen LogP contribution >= 0.6 is 15.9 Å². The van der Waals surface area contributed by atoms with E-state index >= 15 is 0 Å². The highest BCUT2D eigenvalue weighted by Gasteiger charge is 2.23. The number of hydrogen-bond acceptors (Lipinski definition) is 2. The van der Waals surface area contributed by atoms with Crippen LogP contribution in [0.25, 0.3) is 0 Å². The Kier molecular flexibility index (Phi) is 5.14. The fourth-order valence-corrected chi connectivity index (χ4v) is 2.93. The molecule has 110 valence electrons. The van der Waals surface area contributed by atoms with E-state index in [0.717, 1.165) is 29.6 Å². The predicted molar refractivity (Wildman–Crippen MR) is 85.8 cm³/mol. The maximum atomic E-state index is 6.17. The molecule has 1 atom stereocenters. The van der Waals surface area contributed by atoms with Gasteiger partial charge >= 0.3 is 0 Å². The van der Waals surface area contributed by atoms with Gasteiger partial charge in [-0.15, -0.1) is 0 Å². The first kappa shape index (κ1) is 14.6. The second kappa shape index (κ2) is 7.06. The molecule has 1 N–H and O–H groups in total. The Labute approximate surface area is 130 Å². The van der Waals surface area contributed by atoms with Crippen LogP contribution in [0.3, 0.4) is 0 Å². The number of hydrogen-bond donors (Lipinski definition) is 1. The summed E-state index contributed by atoms with van der Waals surface area (Å²) in [5.74, 6) is 0.928. The third-order valence-corrected chi connectivity index (χ3v) is 5.01. The van der Waals surface area contributed by atoms with E-state index in [1.165, 1.54) is 44.1 Å². The Morgan fingerprint density at radius 2 is 1.90 bits per heavy atom. The Morgan fingerprint density at radius 1 is 1.15 bits per heavy atom. The first-order chi connectivity index (χ1) is 9.81. The van der Waals surface area contributed by atoms with Gasteiger partial charge in [-0.25, -0.2) is 0 Å². The van der Waals surface area contributed by atoms with Gasteiger partial charge in [0.15, 0.2) is 0 Å². The molecule has 20 heavy (non-hydrogen) atoms. The van der Waals surface area contributed by atoms with E-state index in [1.54, 1.807) is 0 Å². The van der Waals surface area contributed by atoms with Crippen LogP contribution in [0.5, 0.6) is 0 Å². The Balaban J connectivity index is 1.51. The summed E-state index contributed by atoms with van der Waals surface area (Å²) in [6.45, 7) is 1.84. The van der Waals surface area contributed by atoms with Gasteiger partial charge in [-0.3, -0.25) is 0 Å². The van der Waals surface area contributed by atoms with E-state index in [9.17, 15) is 0 Å². The van der Waals surface area contributed by atoms with Crippen molar-refractivity contribution in [1.82, 2.24) is 5.32 Å². The van der Waals surface area contributed by atoms with Crippen molar-refractivity contribution in [2.45, 2.75) is 50.7 Å². The molecule has 2 fully saturated rings. The van der Waals surface area contributed by atoms with Crippen LogP contribution < -0.4 is 5.32 Å². The van der Waals surface area contributed by atoms with Crippen LogP contribution in [0.15, 0.2) is 28.7 Å². The van der Waals surface area contributed by atoms with Crippen LogP contribution in [0.4, 0.5) is 0 Å². The quantitative estimate of drug-likeness (QED) is 0.756. The molecule has 0 saturated heterocycles. The molecule has 1 aromatic carbocycles. The smallest absolute Gasteiger partial charge is 0.0949 e. The lowest BCUT2D eigenvalue weighted by Gasteiger charge is -2.26. The van der Waals surface area contributed by atoms with E-state index in [-0.39, 0.29) is 6.10 Å². The van der Waals surface area contributed by atoms with Gasteiger partial charge in [0.1, 0.15) is 0 Å². The molecule has 2 aliphatic rings.